The number of carbonyl (C=O) groups excluding carboxylic acids is 1. The smallest absolute Gasteiger partial charge is 0.230 e. The van der Waals surface area contributed by atoms with Crippen molar-refractivity contribution in [3.63, 3.8) is 0 Å². The molecule has 9 heteroatoms. The van der Waals surface area contributed by atoms with Crippen LogP contribution in [0.15, 0.2) is 29.4 Å². The number of carbonyl (C=O) groups is 1. The highest BCUT2D eigenvalue weighted by molar-refractivity contribution is 8.00. The molecule has 0 bridgehead atoms. The minimum absolute atomic E-state index is 0.297. The number of amides is 1. The summed E-state index contributed by atoms with van der Waals surface area (Å²) in [7, 11) is 0. The van der Waals surface area contributed by atoms with Gasteiger partial charge in [-0.25, -0.2) is 4.39 Å². The minimum Gasteiger partial charge on any atom is -0.370 e. The summed E-state index contributed by atoms with van der Waals surface area (Å²) in [5.74, 6) is -0.0296. The first-order valence-corrected chi connectivity index (χ1v) is 9.49. The van der Waals surface area contributed by atoms with Crippen LogP contribution in [-0.2, 0) is 16.1 Å². The predicted octanol–water partition coefficient (Wildman–Crippen LogP) is -0.0348. The summed E-state index contributed by atoms with van der Waals surface area (Å²) in [6, 6.07) is 6.17. The van der Waals surface area contributed by atoms with E-state index in [1.54, 1.807) is 19.1 Å². The van der Waals surface area contributed by atoms with Gasteiger partial charge in [0.05, 0.1) is 31.6 Å². The van der Waals surface area contributed by atoms with Crippen molar-refractivity contribution in [2.75, 3.05) is 32.8 Å². The summed E-state index contributed by atoms with van der Waals surface area (Å²) in [6.07, 6.45) is 0. The largest absolute Gasteiger partial charge is 0.370 e. The van der Waals surface area contributed by atoms with Crippen molar-refractivity contribution in [1.82, 2.24) is 14.8 Å². The number of hydrogen-bond acceptors (Lipinski definition) is 5. The Morgan fingerprint density at radius 3 is 2.69 bits per heavy atom. The van der Waals surface area contributed by atoms with E-state index in [9.17, 15) is 9.18 Å². The first kappa shape index (κ1) is 18.8. The normalized spacial score (nSPS) is 16.5. The SMILES string of the molecule is C[C@@H](Sc1nnc(-c2ccc(F)cc2)n1CC[NH+]1CCOCC1)C(N)=O. The zero-order chi connectivity index (χ0) is 18.5. The van der Waals surface area contributed by atoms with Gasteiger partial charge < -0.3 is 15.4 Å². The van der Waals surface area contributed by atoms with Gasteiger partial charge in [-0.2, -0.15) is 0 Å². The highest BCUT2D eigenvalue weighted by Gasteiger charge is 2.21. The molecule has 1 fully saturated rings. The second-order valence-corrected chi connectivity index (χ2v) is 7.55. The van der Waals surface area contributed by atoms with Crippen molar-refractivity contribution in [1.29, 1.82) is 0 Å². The molecule has 140 valence electrons. The number of nitrogens with zero attached hydrogens (tertiary/aromatic N) is 3. The van der Waals surface area contributed by atoms with Crippen LogP contribution in [0.1, 0.15) is 6.92 Å². The number of morpholine rings is 1. The second-order valence-electron chi connectivity index (χ2n) is 6.24. The maximum atomic E-state index is 13.2. The van der Waals surface area contributed by atoms with Gasteiger partial charge in [-0.3, -0.25) is 9.36 Å². The number of benzene rings is 1. The Hall–Kier alpha value is -1.97. The summed E-state index contributed by atoms with van der Waals surface area (Å²) < 4.78 is 20.6. The molecule has 26 heavy (non-hydrogen) atoms. The molecular weight excluding hydrogens is 357 g/mol. The second kappa shape index (κ2) is 8.61. The molecule has 1 saturated heterocycles. The number of nitrogens with one attached hydrogen (secondary N) is 1. The Labute approximate surface area is 155 Å². The van der Waals surface area contributed by atoms with Gasteiger partial charge in [0.2, 0.25) is 5.91 Å². The Morgan fingerprint density at radius 1 is 1.35 bits per heavy atom. The number of primary amides is 1. The number of thioether (sulfide) groups is 1. The molecule has 3 N–H and O–H groups in total. The molecule has 0 unspecified atom stereocenters. The van der Waals surface area contributed by atoms with Gasteiger partial charge in [-0.1, -0.05) is 11.8 Å². The van der Waals surface area contributed by atoms with Crippen LogP contribution in [0.4, 0.5) is 4.39 Å². The third-order valence-corrected chi connectivity index (χ3v) is 5.49. The van der Waals surface area contributed by atoms with Crippen molar-refractivity contribution >= 4 is 17.7 Å². The Kier molecular flexibility index (Phi) is 6.23. The summed E-state index contributed by atoms with van der Waals surface area (Å²) >= 11 is 1.29. The van der Waals surface area contributed by atoms with E-state index in [0.29, 0.717) is 17.5 Å². The molecule has 1 atom stereocenters. The Morgan fingerprint density at radius 2 is 2.04 bits per heavy atom. The monoisotopic (exact) mass is 380 g/mol. The summed E-state index contributed by atoms with van der Waals surface area (Å²) in [5, 5.41) is 8.75. The minimum atomic E-state index is -0.408. The van der Waals surface area contributed by atoms with Crippen LogP contribution in [0.25, 0.3) is 11.4 Å². The van der Waals surface area contributed by atoms with Gasteiger partial charge in [-0.15, -0.1) is 10.2 Å². The predicted molar refractivity (Wildman–Crippen MR) is 96.3 cm³/mol. The van der Waals surface area contributed by atoms with Crippen LogP contribution in [0.2, 0.25) is 0 Å². The topological polar surface area (TPSA) is 87.5 Å². The van der Waals surface area contributed by atoms with Gasteiger partial charge in [0.15, 0.2) is 11.0 Å². The van der Waals surface area contributed by atoms with E-state index in [1.165, 1.54) is 28.8 Å². The molecule has 7 nitrogen and oxygen atoms in total. The van der Waals surface area contributed by atoms with E-state index in [4.69, 9.17) is 10.5 Å². The van der Waals surface area contributed by atoms with E-state index >= 15 is 0 Å². The number of rotatable bonds is 7. The Bertz CT molecular complexity index is 746. The molecule has 0 radical (unpaired) electrons. The van der Waals surface area contributed by atoms with E-state index < -0.39 is 11.2 Å². The number of ether oxygens (including phenoxy) is 1. The summed E-state index contributed by atoms with van der Waals surface area (Å²) in [6.45, 7) is 6.81. The molecular formula is C17H23FN5O2S+. The van der Waals surface area contributed by atoms with E-state index in [-0.39, 0.29) is 5.82 Å². The highest BCUT2D eigenvalue weighted by Crippen LogP contribution is 2.26. The first-order chi connectivity index (χ1) is 12.5. The molecule has 0 aliphatic carbocycles. The van der Waals surface area contributed by atoms with Crippen molar-refractivity contribution < 1.29 is 18.8 Å². The van der Waals surface area contributed by atoms with Gasteiger partial charge in [0.25, 0.3) is 0 Å². The average molecular weight is 380 g/mol. The maximum absolute atomic E-state index is 13.2. The molecule has 3 rings (SSSR count). The number of halogens is 1. The van der Waals surface area contributed by atoms with Gasteiger partial charge in [0, 0.05) is 5.56 Å². The fraction of sp³-hybridized carbons (Fsp3) is 0.471. The fourth-order valence-corrected chi connectivity index (χ4v) is 3.61. The standard InChI is InChI=1S/C17H22FN5O2S/c1-12(15(19)24)26-17-21-20-16(13-2-4-14(18)5-3-13)23(17)7-6-22-8-10-25-11-9-22/h2-5,12H,6-11H2,1H3,(H2,19,24)/p+1/t12-/m1/s1. The van der Waals surface area contributed by atoms with Gasteiger partial charge in [-0.05, 0) is 31.2 Å². The quantitative estimate of drug-likeness (QED) is 0.659. The first-order valence-electron chi connectivity index (χ1n) is 8.61. The summed E-state index contributed by atoms with van der Waals surface area (Å²) in [5.41, 5.74) is 6.17. The lowest BCUT2D eigenvalue weighted by atomic mass is 10.2. The van der Waals surface area contributed by atoms with Crippen LogP contribution in [0.3, 0.4) is 0 Å². The summed E-state index contributed by atoms with van der Waals surface area (Å²) in [4.78, 5) is 12.9. The number of aromatic nitrogens is 3. The van der Waals surface area contributed by atoms with Crippen LogP contribution in [-0.4, -0.2) is 58.8 Å². The van der Waals surface area contributed by atoms with E-state index in [2.05, 4.69) is 10.2 Å². The number of hydrogen-bond donors (Lipinski definition) is 2. The van der Waals surface area contributed by atoms with Crippen LogP contribution in [0.5, 0.6) is 0 Å². The molecule has 1 aromatic heterocycles. The third kappa shape index (κ3) is 4.60. The van der Waals surface area contributed by atoms with Crippen LogP contribution in [0, 0.1) is 5.82 Å². The molecule has 2 aromatic rings. The molecule has 1 aliphatic heterocycles. The number of quaternary nitrogens is 1. The molecule has 1 amide bonds. The van der Waals surface area contributed by atoms with Crippen LogP contribution >= 0.6 is 11.8 Å². The van der Waals surface area contributed by atoms with Crippen LogP contribution < -0.4 is 10.6 Å². The molecule has 2 heterocycles. The zero-order valence-corrected chi connectivity index (χ0v) is 15.5. The van der Waals surface area contributed by atoms with Crippen molar-refractivity contribution in [2.45, 2.75) is 23.9 Å². The highest BCUT2D eigenvalue weighted by atomic mass is 32.2. The Balaban J connectivity index is 1.84. The third-order valence-electron chi connectivity index (χ3n) is 4.39. The lowest BCUT2D eigenvalue weighted by Crippen LogP contribution is -3.14. The maximum Gasteiger partial charge on any atom is 0.230 e. The number of nitrogens with two attached hydrogens (primary N) is 1. The van der Waals surface area contributed by atoms with Crippen molar-refractivity contribution in [2.24, 2.45) is 5.73 Å². The van der Waals surface area contributed by atoms with Gasteiger partial charge >= 0.3 is 0 Å². The molecule has 0 saturated carbocycles. The van der Waals surface area contributed by atoms with E-state index in [1.807, 2.05) is 4.57 Å². The van der Waals surface area contributed by atoms with E-state index in [0.717, 1.165) is 38.4 Å². The van der Waals surface area contributed by atoms with Crippen molar-refractivity contribution in [3.05, 3.63) is 30.1 Å². The average Bonchev–Trinajstić information content (AvgIpc) is 3.04. The van der Waals surface area contributed by atoms with Gasteiger partial charge in [0.1, 0.15) is 18.9 Å². The lowest BCUT2D eigenvalue weighted by molar-refractivity contribution is -0.908. The zero-order valence-electron chi connectivity index (χ0n) is 14.7. The fourth-order valence-electron chi connectivity index (χ4n) is 2.79. The molecule has 0 spiro atoms. The van der Waals surface area contributed by atoms with Crippen molar-refractivity contribution in [3.8, 4) is 11.4 Å². The molecule has 1 aromatic carbocycles. The molecule has 1 aliphatic rings. The lowest BCUT2D eigenvalue weighted by Gasteiger charge is -2.24.